The molecule has 82 valence electrons. The third-order valence-electron chi connectivity index (χ3n) is 1.99. The van der Waals surface area contributed by atoms with Gasteiger partial charge in [-0.1, -0.05) is 45.1 Å². The lowest BCUT2D eigenvalue weighted by Gasteiger charge is -2.13. The maximum Gasteiger partial charge on any atom is 0.123 e. The summed E-state index contributed by atoms with van der Waals surface area (Å²) in [4.78, 5) is 0. The monoisotopic (exact) mass is 208 g/mol. The smallest absolute Gasteiger partial charge is 0.123 e. The molecule has 1 nitrogen and oxygen atoms in total. The fraction of sp³-hybridized carbons (Fsp3) is 0.385. The lowest BCUT2D eigenvalue weighted by Crippen LogP contribution is -2.01. The standard InChI is InChI=1S/C13H17FO/c1-13(2,3)9-8-12(15)10-4-6-11(14)7-5-10/h4-9,12,15H,1-3H3. The zero-order valence-electron chi connectivity index (χ0n) is 9.37. The molecule has 2 heteroatoms. The summed E-state index contributed by atoms with van der Waals surface area (Å²) >= 11 is 0. The van der Waals surface area contributed by atoms with E-state index in [9.17, 15) is 9.50 Å². The van der Waals surface area contributed by atoms with Crippen LogP contribution in [0.5, 0.6) is 0 Å². The second kappa shape index (κ2) is 4.58. The Morgan fingerprint density at radius 3 is 2.20 bits per heavy atom. The topological polar surface area (TPSA) is 20.2 Å². The summed E-state index contributed by atoms with van der Waals surface area (Å²) in [5.41, 5.74) is 0.748. The zero-order chi connectivity index (χ0) is 11.5. The van der Waals surface area contributed by atoms with Crippen LogP contribution >= 0.6 is 0 Å². The van der Waals surface area contributed by atoms with Crippen LogP contribution in [0, 0.1) is 11.2 Å². The van der Waals surface area contributed by atoms with E-state index in [2.05, 4.69) is 20.8 Å². The van der Waals surface area contributed by atoms with Crippen LogP contribution in [-0.2, 0) is 0 Å². The molecule has 1 aromatic rings. The molecule has 1 N–H and O–H groups in total. The highest BCUT2D eigenvalue weighted by atomic mass is 19.1. The van der Waals surface area contributed by atoms with Crippen molar-refractivity contribution in [1.29, 1.82) is 0 Å². The Hall–Kier alpha value is -1.15. The highest BCUT2D eigenvalue weighted by Crippen LogP contribution is 2.20. The molecule has 0 aliphatic carbocycles. The minimum Gasteiger partial charge on any atom is -0.384 e. The Labute approximate surface area is 90.3 Å². The Balaban J connectivity index is 2.73. The fourth-order valence-electron chi connectivity index (χ4n) is 1.15. The molecule has 0 aliphatic heterocycles. The van der Waals surface area contributed by atoms with Crippen molar-refractivity contribution in [2.45, 2.75) is 26.9 Å². The maximum absolute atomic E-state index is 12.6. The maximum atomic E-state index is 12.6. The van der Waals surface area contributed by atoms with Crippen LogP contribution in [0.3, 0.4) is 0 Å². The van der Waals surface area contributed by atoms with Crippen molar-refractivity contribution in [3.8, 4) is 0 Å². The zero-order valence-corrected chi connectivity index (χ0v) is 9.37. The molecule has 0 aromatic heterocycles. The van der Waals surface area contributed by atoms with Crippen molar-refractivity contribution < 1.29 is 9.50 Å². The molecular formula is C13H17FO. The van der Waals surface area contributed by atoms with Crippen molar-refractivity contribution in [1.82, 2.24) is 0 Å². The molecule has 1 atom stereocenters. The van der Waals surface area contributed by atoms with Crippen LogP contribution in [0.1, 0.15) is 32.4 Å². The van der Waals surface area contributed by atoms with Crippen molar-refractivity contribution >= 4 is 0 Å². The third kappa shape index (κ3) is 4.26. The molecule has 0 spiro atoms. The van der Waals surface area contributed by atoms with Crippen LogP contribution < -0.4 is 0 Å². The highest BCUT2D eigenvalue weighted by Gasteiger charge is 2.07. The fourth-order valence-corrected chi connectivity index (χ4v) is 1.15. The molecule has 0 fully saturated rings. The van der Waals surface area contributed by atoms with Gasteiger partial charge >= 0.3 is 0 Å². The molecule has 0 saturated heterocycles. The first-order valence-corrected chi connectivity index (χ1v) is 5.01. The summed E-state index contributed by atoms with van der Waals surface area (Å²) in [6.45, 7) is 6.17. The molecule has 0 heterocycles. The van der Waals surface area contributed by atoms with Crippen LogP contribution in [0.15, 0.2) is 36.4 Å². The molecular weight excluding hydrogens is 191 g/mol. The number of benzene rings is 1. The summed E-state index contributed by atoms with van der Waals surface area (Å²) in [5.74, 6) is -0.286. The van der Waals surface area contributed by atoms with E-state index in [1.165, 1.54) is 12.1 Å². The van der Waals surface area contributed by atoms with Crippen LogP contribution in [0.25, 0.3) is 0 Å². The summed E-state index contributed by atoms with van der Waals surface area (Å²) in [7, 11) is 0. The van der Waals surface area contributed by atoms with Gasteiger partial charge in [-0.3, -0.25) is 0 Å². The van der Waals surface area contributed by atoms with Gasteiger partial charge in [0.05, 0.1) is 6.10 Å². The average molecular weight is 208 g/mol. The Kier molecular flexibility index (Phi) is 3.64. The predicted molar refractivity (Wildman–Crippen MR) is 60.0 cm³/mol. The van der Waals surface area contributed by atoms with Crippen molar-refractivity contribution in [3.05, 3.63) is 47.8 Å². The van der Waals surface area contributed by atoms with E-state index < -0.39 is 6.10 Å². The summed E-state index contributed by atoms with van der Waals surface area (Å²) < 4.78 is 12.6. The number of aliphatic hydroxyl groups excluding tert-OH is 1. The van der Waals surface area contributed by atoms with Gasteiger partial charge in [0.2, 0.25) is 0 Å². The van der Waals surface area contributed by atoms with Crippen LogP contribution in [0.4, 0.5) is 4.39 Å². The van der Waals surface area contributed by atoms with E-state index in [-0.39, 0.29) is 11.2 Å². The van der Waals surface area contributed by atoms with Crippen molar-refractivity contribution in [3.63, 3.8) is 0 Å². The molecule has 15 heavy (non-hydrogen) atoms. The first-order chi connectivity index (χ1) is 6.88. The second-order valence-electron chi connectivity index (χ2n) is 4.72. The van der Waals surface area contributed by atoms with Gasteiger partial charge in [-0.25, -0.2) is 4.39 Å². The van der Waals surface area contributed by atoms with Crippen LogP contribution in [0.2, 0.25) is 0 Å². The number of aliphatic hydroxyl groups is 1. The molecule has 0 saturated carbocycles. The molecule has 1 aromatic carbocycles. The van der Waals surface area contributed by atoms with Gasteiger partial charge in [0.1, 0.15) is 5.82 Å². The SMILES string of the molecule is CC(C)(C)C=CC(O)c1ccc(F)cc1. The quantitative estimate of drug-likeness (QED) is 0.738. The summed E-state index contributed by atoms with van der Waals surface area (Å²) in [6.07, 6.45) is 3.01. The minimum atomic E-state index is -0.662. The van der Waals surface area contributed by atoms with E-state index in [0.29, 0.717) is 5.56 Å². The van der Waals surface area contributed by atoms with E-state index in [0.717, 1.165) is 0 Å². The van der Waals surface area contributed by atoms with Gasteiger partial charge in [-0.2, -0.15) is 0 Å². The second-order valence-corrected chi connectivity index (χ2v) is 4.72. The van der Waals surface area contributed by atoms with E-state index >= 15 is 0 Å². The van der Waals surface area contributed by atoms with Gasteiger partial charge in [-0.05, 0) is 23.1 Å². The first-order valence-electron chi connectivity index (χ1n) is 5.01. The van der Waals surface area contributed by atoms with Crippen molar-refractivity contribution in [2.24, 2.45) is 5.41 Å². The summed E-state index contributed by atoms with van der Waals surface area (Å²) in [6, 6.07) is 5.88. The molecule has 0 bridgehead atoms. The van der Waals surface area contributed by atoms with Gasteiger partial charge < -0.3 is 5.11 Å². The Bertz CT molecular complexity index is 333. The van der Waals surface area contributed by atoms with Gasteiger partial charge in [0.15, 0.2) is 0 Å². The molecule has 0 aliphatic rings. The molecule has 0 radical (unpaired) electrons. The van der Waals surface area contributed by atoms with Gasteiger partial charge in [0, 0.05) is 0 Å². The molecule has 1 rings (SSSR count). The third-order valence-corrected chi connectivity index (χ3v) is 1.99. The number of hydrogen-bond acceptors (Lipinski definition) is 1. The van der Waals surface area contributed by atoms with Crippen LogP contribution in [-0.4, -0.2) is 5.11 Å². The average Bonchev–Trinajstić information content (AvgIpc) is 2.14. The van der Waals surface area contributed by atoms with Crippen molar-refractivity contribution in [2.75, 3.05) is 0 Å². The van der Waals surface area contributed by atoms with E-state index in [1.807, 2.05) is 6.08 Å². The normalized spacial score (nSPS) is 14.5. The van der Waals surface area contributed by atoms with E-state index in [4.69, 9.17) is 0 Å². The van der Waals surface area contributed by atoms with Gasteiger partial charge in [-0.15, -0.1) is 0 Å². The molecule has 1 unspecified atom stereocenters. The molecule has 0 amide bonds. The predicted octanol–water partition coefficient (Wildman–Crippen LogP) is 3.46. The number of halogens is 1. The first kappa shape index (κ1) is 11.9. The largest absolute Gasteiger partial charge is 0.384 e. The number of hydrogen-bond donors (Lipinski definition) is 1. The lowest BCUT2D eigenvalue weighted by atomic mass is 9.95. The van der Waals surface area contributed by atoms with Gasteiger partial charge in [0.25, 0.3) is 0 Å². The summed E-state index contributed by atoms with van der Waals surface area (Å²) in [5, 5.41) is 9.77. The lowest BCUT2D eigenvalue weighted by molar-refractivity contribution is 0.227. The Morgan fingerprint density at radius 2 is 1.73 bits per heavy atom. The number of rotatable bonds is 2. The highest BCUT2D eigenvalue weighted by molar-refractivity contribution is 5.22. The minimum absolute atomic E-state index is 0.0427. The number of allylic oxidation sites excluding steroid dienone is 1. The van der Waals surface area contributed by atoms with E-state index in [1.54, 1.807) is 18.2 Å². The Morgan fingerprint density at radius 1 is 1.20 bits per heavy atom.